The Kier molecular flexibility index (Phi) is 7.95. The van der Waals surface area contributed by atoms with Crippen LogP contribution in [0.2, 0.25) is 0 Å². The second-order valence-electron chi connectivity index (χ2n) is 11.8. The largest absolute Gasteiger partial charge is 0.497 e. The van der Waals surface area contributed by atoms with Gasteiger partial charge in [0.25, 0.3) is 5.91 Å². The highest BCUT2D eigenvalue weighted by Gasteiger charge is 2.58. The summed E-state index contributed by atoms with van der Waals surface area (Å²) in [7, 11) is 4.87. The van der Waals surface area contributed by atoms with Gasteiger partial charge >= 0.3 is 0 Å². The van der Waals surface area contributed by atoms with Crippen molar-refractivity contribution >= 4 is 11.6 Å². The Hall–Kier alpha value is -5.85. The average molecular weight is 633 g/mol. The van der Waals surface area contributed by atoms with Gasteiger partial charge in [-0.05, 0) is 58.1 Å². The third-order valence-corrected chi connectivity index (χ3v) is 9.37. The number of nitrogens with zero attached hydrogens (tertiary/aromatic N) is 1. The van der Waals surface area contributed by atoms with Crippen LogP contribution in [0.5, 0.6) is 17.2 Å². The molecule has 0 bridgehead atoms. The van der Waals surface area contributed by atoms with Gasteiger partial charge in [-0.3, -0.25) is 9.69 Å². The fourth-order valence-electron chi connectivity index (χ4n) is 7.16. The van der Waals surface area contributed by atoms with Crippen molar-refractivity contribution in [3.63, 3.8) is 0 Å². The Morgan fingerprint density at radius 1 is 0.562 bits per heavy atom. The van der Waals surface area contributed by atoms with Gasteiger partial charge in [-0.25, -0.2) is 0 Å². The molecular weight excluding hydrogens is 596 g/mol. The maximum Gasteiger partial charge on any atom is 0.257 e. The topological polar surface area (TPSA) is 74.0 Å². The Balaban J connectivity index is 1.62. The lowest BCUT2D eigenvalue weighted by Crippen LogP contribution is -2.56. The summed E-state index contributed by atoms with van der Waals surface area (Å²) in [4.78, 5) is 17.7. The van der Waals surface area contributed by atoms with Crippen molar-refractivity contribution in [2.24, 2.45) is 5.73 Å². The summed E-state index contributed by atoms with van der Waals surface area (Å²) in [5.74, 6) is 1.67. The van der Waals surface area contributed by atoms with E-state index in [9.17, 15) is 0 Å². The van der Waals surface area contributed by atoms with Gasteiger partial charge in [-0.1, -0.05) is 115 Å². The van der Waals surface area contributed by atoms with Gasteiger partial charge < -0.3 is 19.9 Å². The van der Waals surface area contributed by atoms with Crippen LogP contribution in [-0.2, 0) is 15.9 Å². The van der Waals surface area contributed by atoms with E-state index in [4.69, 9.17) is 19.9 Å². The number of amides is 1. The smallest absolute Gasteiger partial charge is 0.257 e. The van der Waals surface area contributed by atoms with E-state index in [0.717, 1.165) is 27.8 Å². The van der Waals surface area contributed by atoms with Gasteiger partial charge in [0.15, 0.2) is 0 Å². The molecule has 6 aromatic carbocycles. The van der Waals surface area contributed by atoms with Crippen molar-refractivity contribution in [3.8, 4) is 28.4 Å². The second kappa shape index (κ2) is 12.4. The van der Waals surface area contributed by atoms with Crippen LogP contribution in [0.25, 0.3) is 11.1 Å². The number of methoxy groups -OCH3 is 3. The van der Waals surface area contributed by atoms with Crippen LogP contribution in [0.1, 0.15) is 27.8 Å². The maximum absolute atomic E-state index is 15.8. The van der Waals surface area contributed by atoms with Gasteiger partial charge in [0.05, 0.1) is 27.0 Å². The Bertz CT molecular complexity index is 1970. The molecule has 1 amide bonds. The van der Waals surface area contributed by atoms with Crippen molar-refractivity contribution in [2.75, 3.05) is 26.2 Å². The highest BCUT2D eigenvalue weighted by atomic mass is 16.5. The van der Waals surface area contributed by atoms with Crippen molar-refractivity contribution < 1.29 is 19.0 Å². The predicted octanol–water partition coefficient (Wildman–Crippen LogP) is 7.92. The fraction of sp³-hybridized carbons (Fsp3) is 0.119. The molecule has 0 fully saturated rings. The third kappa shape index (κ3) is 4.64. The molecule has 6 nitrogen and oxygen atoms in total. The first kappa shape index (κ1) is 30.8. The molecule has 0 saturated heterocycles. The van der Waals surface area contributed by atoms with E-state index in [2.05, 4.69) is 36.4 Å². The zero-order chi connectivity index (χ0) is 33.3. The first-order valence-corrected chi connectivity index (χ1v) is 15.8. The summed E-state index contributed by atoms with van der Waals surface area (Å²) >= 11 is 0. The summed E-state index contributed by atoms with van der Waals surface area (Å²) < 4.78 is 16.9. The molecule has 7 rings (SSSR count). The van der Waals surface area contributed by atoms with Gasteiger partial charge in [0.2, 0.25) is 0 Å². The number of hydrogen-bond acceptors (Lipinski definition) is 5. The predicted molar refractivity (Wildman–Crippen MR) is 190 cm³/mol. The summed E-state index contributed by atoms with van der Waals surface area (Å²) in [6.07, 6.45) is 0. The van der Waals surface area contributed by atoms with Crippen LogP contribution in [0, 0.1) is 0 Å². The molecule has 48 heavy (non-hydrogen) atoms. The SMILES string of the molecule is COc1ccc(C2(N)C(=O)N(C(c3ccccc3)(c3ccccc3)c3ccccc3)c3cccc(-c4ccc(OC)cc4OC)c32)cc1. The Morgan fingerprint density at radius 3 is 1.58 bits per heavy atom. The first-order valence-electron chi connectivity index (χ1n) is 15.8. The molecule has 0 spiro atoms. The highest BCUT2D eigenvalue weighted by Crippen LogP contribution is 2.56. The second-order valence-corrected chi connectivity index (χ2v) is 11.8. The number of benzene rings is 6. The lowest BCUT2D eigenvalue weighted by Gasteiger charge is -2.44. The van der Waals surface area contributed by atoms with Gasteiger partial charge in [0.1, 0.15) is 28.3 Å². The number of nitrogens with two attached hydrogens (primary N) is 1. The van der Waals surface area contributed by atoms with Gasteiger partial charge in [-0.2, -0.15) is 0 Å². The molecule has 1 unspecified atom stereocenters. The number of carbonyl (C=O) groups is 1. The monoisotopic (exact) mass is 632 g/mol. The van der Waals surface area contributed by atoms with E-state index in [1.54, 1.807) is 21.3 Å². The molecule has 2 N–H and O–H groups in total. The standard InChI is InChI=1S/C42H36N2O4/c1-46-33-24-22-29(23-25-33)41(43)39-36(35-27-26-34(47-2)28-38(35)48-3)20-13-21-37(39)44(40(41)45)42(30-14-7-4-8-15-30,31-16-9-5-10-17-31)32-18-11-6-12-19-32/h4-28H,43H2,1-3H3. The molecule has 0 radical (unpaired) electrons. The van der Waals surface area contributed by atoms with Crippen molar-refractivity contribution in [3.05, 3.63) is 179 Å². The van der Waals surface area contributed by atoms with Crippen LogP contribution < -0.4 is 24.8 Å². The van der Waals surface area contributed by atoms with E-state index in [1.807, 2.05) is 120 Å². The molecule has 0 aliphatic carbocycles. The number of fused-ring (bicyclic) bond motifs is 1. The van der Waals surface area contributed by atoms with Crippen LogP contribution in [0.15, 0.2) is 152 Å². The summed E-state index contributed by atoms with van der Waals surface area (Å²) in [5, 5.41) is 0. The van der Waals surface area contributed by atoms with E-state index in [0.29, 0.717) is 34.1 Å². The fourth-order valence-corrected chi connectivity index (χ4v) is 7.16. The average Bonchev–Trinajstić information content (AvgIpc) is 3.40. The lowest BCUT2D eigenvalue weighted by molar-refractivity contribution is -0.122. The summed E-state index contributed by atoms with van der Waals surface area (Å²) in [6, 6.07) is 49.6. The van der Waals surface area contributed by atoms with Crippen LogP contribution >= 0.6 is 0 Å². The Morgan fingerprint density at radius 2 is 1.08 bits per heavy atom. The molecule has 1 aliphatic heterocycles. The zero-order valence-electron chi connectivity index (χ0n) is 27.1. The summed E-state index contributed by atoms with van der Waals surface area (Å²) in [5.41, 5.74) is 11.3. The van der Waals surface area contributed by atoms with Gasteiger partial charge in [0, 0.05) is 17.2 Å². The van der Waals surface area contributed by atoms with Crippen LogP contribution in [0.3, 0.4) is 0 Å². The molecule has 238 valence electrons. The van der Waals surface area contributed by atoms with E-state index in [1.165, 1.54) is 0 Å². The van der Waals surface area contributed by atoms with Crippen LogP contribution in [-0.4, -0.2) is 27.2 Å². The van der Waals surface area contributed by atoms with Crippen LogP contribution in [0.4, 0.5) is 5.69 Å². The zero-order valence-corrected chi connectivity index (χ0v) is 27.1. The third-order valence-electron chi connectivity index (χ3n) is 9.37. The number of anilines is 1. The van der Waals surface area contributed by atoms with Crippen molar-refractivity contribution in [1.29, 1.82) is 0 Å². The lowest BCUT2D eigenvalue weighted by atomic mass is 9.75. The Labute approximate surface area is 281 Å². The quantitative estimate of drug-likeness (QED) is 0.164. The minimum Gasteiger partial charge on any atom is -0.497 e. The minimum absolute atomic E-state index is 0.265. The first-order chi connectivity index (χ1) is 23.5. The van der Waals surface area contributed by atoms with E-state index >= 15 is 4.79 Å². The molecule has 1 heterocycles. The van der Waals surface area contributed by atoms with Crippen molar-refractivity contribution in [2.45, 2.75) is 11.1 Å². The van der Waals surface area contributed by atoms with Gasteiger partial charge in [-0.15, -0.1) is 0 Å². The summed E-state index contributed by atoms with van der Waals surface area (Å²) in [6.45, 7) is 0. The number of hydrogen-bond donors (Lipinski definition) is 1. The molecule has 1 atom stereocenters. The van der Waals surface area contributed by atoms with E-state index in [-0.39, 0.29) is 5.91 Å². The molecule has 1 aliphatic rings. The van der Waals surface area contributed by atoms with E-state index < -0.39 is 11.1 Å². The molecule has 6 aromatic rings. The normalized spacial score (nSPS) is 15.6. The van der Waals surface area contributed by atoms with Crippen molar-refractivity contribution in [1.82, 2.24) is 0 Å². The molecule has 0 saturated carbocycles. The number of ether oxygens (including phenoxy) is 3. The molecule has 0 aromatic heterocycles. The maximum atomic E-state index is 15.8. The number of carbonyl (C=O) groups excluding carboxylic acids is 1. The molecule has 6 heteroatoms. The highest BCUT2D eigenvalue weighted by molar-refractivity contribution is 6.14. The minimum atomic E-state index is -1.59. The number of rotatable bonds is 9. The molecular formula is C42H36N2O4.